The Balaban J connectivity index is 1.99. The fourth-order valence-electron chi connectivity index (χ4n) is 1.73. The van der Waals surface area contributed by atoms with E-state index in [4.69, 9.17) is 10.5 Å². The number of aromatic amines is 1. The first-order chi connectivity index (χ1) is 9.28. The molecular weight excluding hydrogens is 246 g/mol. The lowest BCUT2D eigenvalue weighted by Crippen LogP contribution is -2.09. The second-order valence-corrected chi connectivity index (χ2v) is 3.90. The monoisotopic (exact) mass is 257 g/mol. The SMILES string of the molecule is NCc1ccccc1Oc1cc2n[nH]c(=O)n2cn1. The number of benzene rings is 1. The van der Waals surface area contributed by atoms with Crippen LogP contribution in [0.1, 0.15) is 5.56 Å². The van der Waals surface area contributed by atoms with Gasteiger partial charge in [-0.1, -0.05) is 18.2 Å². The highest BCUT2D eigenvalue weighted by atomic mass is 16.5. The molecule has 0 saturated carbocycles. The topological polar surface area (TPSA) is 98.3 Å². The molecule has 0 aliphatic rings. The van der Waals surface area contributed by atoms with Crippen molar-refractivity contribution < 1.29 is 4.74 Å². The summed E-state index contributed by atoms with van der Waals surface area (Å²) in [5, 5.41) is 6.18. The van der Waals surface area contributed by atoms with E-state index in [1.54, 1.807) is 6.07 Å². The van der Waals surface area contributed by atoms with Crippen LogP contribution in [0.4, 0.5) is 0 Å². The van der Waals surface area contributed by atoms with Gasteiger partial charge in [-0.25, -0.2) is 19.3 Å². The number of nitrogens with one attached hydrogen (secondary N) is 1. The number of H-pyrrole nitrogens is 1. The zero-order chi connectivity index (χ0) is 13.2. The zero-order valence-corrected chi connectivity index (χ0v) is 9.91. The molecule has 2 heterocycles. The first-order valence-electron chi connectivity index (χ1n) is 5.66. The molecular formula is C12H11N5O2. The fourth-order valence-corrected chi connectivity index (χ4v) is 1.73. The van der Waals surface area contributed by atoms with E-state index in [0.717, 1.165) is 5.56 Å². The van der Waals surface area contributed by atoms with Gasteiger partial charge in [0, 0.05) is 18.2 Å². The highest BCUT2D eigenvalue weighted by molar-refractivity contribution is 5.42. The van der Waals surface area contributed by atoms with Crippen molar-refractivity contribution in [3.8, 4) is 11.6 Å². The van der Waals surface area contributed by atoms with E-state index >= 15 is 0 Å². The Morgan fingerprint density at radius 2 is 2.21 bits per heavy atom. The van der Waals surface area contributed by atoms with Gasteiger partial charge < -0.3 is 10.5 Å². The third-order valence-electron chi connectivity index (χ3n) is 2.69. The second-order valence-electron chi connectivity index (χ2n) is 3.90. The summed E-state index contributed by atoms with van der Waals surface area (Å²) in [6.07, 6.45) is 1.36. The molecule has 0 aliphatic carbocycles. The largest absolute Gasteiger partial charge is 0.439 e. The van der Waals surface area contributed by atoms with E-state index in [-0.39, 0.29) is 5.69 Å². The molecule has 0 amide bonds. The van der Waals surface area contributed by atoms with Crippen molar-refractivity contribution in [3.63, 3.8) is 0 Å². The van der Waals surface area contributed by atoms with E-state index in [1.807, 2.05) is 24.3 Å². The standard InChI is InChI=1S/C12H11N5O2/c13-6-8-3-1-2-4-9(8)19-11-5-10-15-16-12(18)17(10)7-14-11/h1-5,7H,6,13H2,(H,16,18). The normalized spacial score (nSPS) is 10.8. The van der Waals surface area contributed by atoms with E-state index in [9.17, 15) is 4.79 Å². The molecule has 3 rings (SSSR count). The van der Waals surface area contributed by atoms with Gasteiger partial charge in [-0.05, 0) is 6.07 Å². The van der Waals surface area contributed by atoms with Crippen molar-refractivity contribution in [2.45, 2.75) is 6.54 Å². The van der Waals surface area contributed by atoms with Crippen molar-refractivity contribution in [1.82, 2.24) is 19.6 Å². The number of nitrogens with zero attached hydrogens (tertiary/aromatic N) is 3. The molecule has 3 aromatic rings. The van der Waals surface area contributed by atoms with Crippen molar-refractivity contribution in [3.05, 3.63) is 52.7 Å². The van der Waals surface area contributed by atoms with Crippen LogP contribution in [0.3, 0.4) is 0 Å². The molecule has 7 heteroatoms. The summed E-state index contributed by atoms with van der Waals surface area (Å²) in [5.41, 5.74) is 6.62. The summed E-state index contributed by atoms with van der Waals surface area (Å²) in [5.74, 6) is 0.993. The summed E-state index contributed by atoms with van der Waals surface area (Å²) in [4.78, 5) is 15.3. The third kappa shape index (κ3) is 2.06. The molecule has 0 saturated heterocycles. The van der Waals surface area contributed by atoms with Gasteiger partial charge in [0.1, 0.15) is 12.1 Å². The zero-order valence-electron chi connectivity index (χ0n) is 9.91. The number of aromatic nitrogens is 4. The number of hydrogen-bond acceptors (Lipinski definition) is 5. The quantitative estimate of drug-likeness (QED) is 0.718. The van der Waals surface area contributed by atoms with Gasteiger partial charge in [0.15, 0.2) is 5.65 Å². The first-order valence-corrected chi connectivity index (χ1v) is 5.66. The predicted molar refractivity (Wildman–Crippen MR) is 68.0 cm³/mol. The van der Waals surface area contributed by atoms with Crippen LogP contribution in [0.2, 0.25) is 0 Å². The number of para-hydroxylation sites is 1. The highest BCUT2D eigenvalue weighted by Gasteiger charge is 2.06. The first kappa shape index (κ1) is 11.4. The molecule has 0 unspecified atom stereocenters. The Kier molecular flexibility index (Phi) is 2.73. The molecule has 3 N–H and O–H groups in total. The van der Waals surface area contributed by atoms with Crippen LogP contribution in [0, 0.1) is 0 Å². The van der Waals surface area contributed by atoms with Gasteiger partial charge in [0.2, 0.25) is 5.88 Å². The molecule has 19 heavy (non-hydrogen) atoms. The highest BCUT2D eigenvalue weighted by Crippen LogP contribution is 2.23. The van der Waals surface area contributed by atoms with Crippen LogP contribution >= 0.6 is 0 Å². The van der Waals surface area contributed by atoms with E-state index < -0.39 is 0 Å². The number of rotatable bonds is 3. The molecule has 0 aliphatic heterocycles. The third-order valence-corrected chi connectivity index (χ3v) is 2.69. The summed E-state index contributed by atoms with van der Waals surface area (Å²) >= 11 is 0. The molecule has 0 atom stereocenters. The average molecular weight is 257 g/mol. The predicted octanol–water partition coefficient (Wildman–Crippen LogP) is 0.669. The number of fused-ring (bicyclic) bond motifs is 1. The van der Waals surface area contributed by atoms with Gasteiger partial charge in [0.05, 0.1) is 0 Å². The van der Waals surface area contributed by atoms with Gasteiger partial charge in [0.25, 0.3) is 0 Å². The Bertz CT molecular complexity index is 777. The van der Waals surface area contributed by atoms with Crippen LogP contribution in [-0.4, -0.2) is 19.6 Å². The minimum absolute atomic E-state index is 0.337. The van der Waals surface area contributed by atoms with Crippen molar-refractivity contribution in [2.75, 3.05) is 0 Å². The Morgan fingerprint density at radius 3 is 3.05 bits per heavy atom. The Hall–Kier alpha value is -2.67. The Morgan fingerprint density at radius 1 is 1.37 bits per heavy atom. The molecule has 0 bridgehead atoms. The van der Waals surface area contributed by atoms with Gasteiger partial charge >= 0.3 is 5.69 Å². The second kappa shape index (κ2) is 4.54. The molecule has 1 aromatic carbocycles. The van der Waals surface area contributed by atoms with E-state index in [2.05, 4.69) is 15.2 Å². The minimum atomic E-state index is -0.337. The van der Waals surface area contributed by atoms with Crippen LogP contribution in [-0.2, 0) is 6.54 Å². The van der Waals surface area contributed by atoms with Crippen molar-refractivity contribution in [1.29, 1.82) is 0 Å². The molecule has 0 spiro atoms. The summed E-state index contributed by atoms with van der Waals surface area (Å²) in [6.45, 7) is 0.375. The van der Waals surface area contributed by atoms with Crippen LogP contribution < -0.4 is 16.2 Å². The minimum Gasteiger partial charge on any atom is -0.439 e. The van der Waals surface area contributed by atoms with Gasteiger partial charge in [-0.15, -0.1) is 0 Å². The lowest BCUT2D eigenvalue weighted by molar-refractivity contribution is 0.456. The van der Waals surface area contributed by atoms with E-state index in [0.29, 0.717) is 23.8 Å². The molecule has 96 valence electrons. The average Bonchev–Trinajstić information content (AvgIpc) is 2.81. The van der Waals surface area contributed by atoms with Crippen LogP contribution in [0.25, 0.3) is 5.65 Å². The molecule has 0 radical (unpaired) electrons. The van der Waals surface area contributed by atoms with Crippen LogP contribution in [0.5, 0.6) is 11.6 Å². The maximum absolute atomic E-state index is 11.3. The van der Waals surface area contributed by atoms with Gasteiger partial charge in [-0.2, -0.15) is 5.10 Å². The lowest BCUT2D eigenvalue weighted by atomic mass is 10.2. The maximum Gasteiger partial charge on any atom is 0.348 e. The number of ether oxygens (including phenoxy) is 1. The fraction of sp³-hybridized carbons (Fsp3) is 0.0833. The molecule has 2 aromatic heterocycles. The number of hydrogen-bond donors (Lipinski definition) is 2. The summed E-state index contributed by atoms with van der Waals surface area (Å²) < 4.78 is 6.95. The molecule has 0 fully saturated rings. The maximum atomic E-state index is 11.3. The smallest absolute Gasteiger partial charge is 0.348 e. The van der Waals surface area contributed by atoms with E-state index in [1.165, 1.54) is 10.7 Å². The number of nitrogens with two attached hydrogens (primary N) is 1. The Labute approximate surface area is 107 Å². The van der Waals surface area contributed by atoms with Gasteiger partial charge in [-0.3, -0.25) is 0 Å². The molecule has 7 nitrogen and oxygen atoms in total. The van der Waals surface area contributed by atoms with Crippen molar-refractivity contribution in [2.24, 2.45) is 5.73 Å². The lowest BCUT2D eigenvalue weighted by Gasteiger charge is -2.08. The van der Waals surface area contributed by atoms with Crippen molar-refractivity contribution >= 4 is 5.65 Å². The van der Waals surface area contributed by atoms with Crippen LogP contribution in [0.15, 0.2) is 41.5 Å². The summed E-state index contributed by atoms with van der Waals surface area (Å²) in [7, 11) is 0. The summed E-state index contributed by atoms with van der Waals surface area (Å²) in [6, 6.07) is 9.01.